The minimum absolute atomic E-state index is 0.0601. The monoisotopic (exact) mass is 418 g/mol. The summed E-state index contributed by atoms with van der Waals surface area (Å²) >= 11 is 12.9. The van der Waals surface area contributed by atoms with Gasteiger partial charge in [0, 0.05) is 60.9 Å². The highest BCUT2D eigenvalue weighted by Crippen LogP contribution is 2.42. The number of aromatic amines is 1. The van der Waals surface area contributed by atoms with Gasteiger partial charge >= 0.3 is 0 Å². The van der Waals surface area contributed by atoms with E-state index >= 15 is 0 Å². The van der Waals surface area contributed by atoms with E-state index in [1.165, 1.54) is 0 Å². The van der Waals surface area contributed by atoms with Crippen LogP contribution < -0.4 is 0 Å². The minimum atomic E-state index is -0.334. The molecule has 3 heterocycles. The Hall–Kier alpha value is -2.02. The zero-order valence-corrected chi connectivity index (χ0v) is 16.9. The van der Waals surface area contributed by atoms with Crippen LogP contribution in [0.5, 0.6) is 0 Å². The van der Waals surface area contributed by atoms with Gasteiger partial charge in [-0.15, -0.1) is 0 Å². The fraction of sp³-hybridized carbons (Fsp3) is 0.400. The van der Waals surface area contributed by atoms with Crippen LogP contribution in [0.1, 0.15) is 24.1 Å². The number of hydrogen-bond donors (Lipinski definition) is 2. The number of aliphatic hydroxyl groups excluding tert-OH is 1. The lowest BCUT2D eigenvalue weighted by Gasteiger charge is -2.36. The van der Waals surface area contributed by atoms with Crippen molar-refractivity contribution < 1.29 is 9.90 Å². The molecule has 1 aliphatic carbocycles. The quantitative estimate of drug-likeness (QED) is 0.668. The maximum atomic E-state index is 12.8. The van der Waals surface area contributed by atoms with Crippen LogP contribution in [0.3, 0.4) is 0 Å². The molecule has 2 aliphatic rings. The van der Waals surface area contributed by atoms with Crippen LogP contribution >= 0.6 is 23.2 Å². The summed E-state index contributed by atoms with van der Waals surface area (Å²) < 4.78 is 1.75. The Morgan fingerprint density at radius 1 is 1.36 bits per heavy atom. The van der Waals surface area contributed by atoms with Gasteiger partial charge in [-0.2, -0.15) is 5.10 Å². The maximum Gasteiger partial charge on any atom is 0.226 e. The van der Waals surface area contributed by atoms with E-state index in [2.05, 4.69) is 10.1 Å². The fourth-order valence-corrected chi connectivity index (χ4v) is 4.74. The van der Waals surface area contributed by atoms with Crippen molar-refractivity contribution in [2.45, 2.75) is 31.9 Å². The molecule has 146 valence electrons. The smallest absolute Gasteiger partial charge is 0.226 e. The van der Waals surface area contributed by atoms with Gasteiger partial charge in [0.05, 0.1) is 27.4 Å². The summed E-state index contributed by atoms with van der Waals surface area (Å²) in [5, 5.41) is 16.0. The molecule has 1 fully saturated rings. The Morgan fingerprint density at radius 2 is 2.14 bits per heavy atom. The average Bonchev–Trinajstić information content (AvgIpc) is 3.25. The predicted octanol–water partition coefficient (Wildman–Crippen LogP) is 3.53. The second-order valence-electron chi connectivity index (χ2n) is 7.76. The van der Waals surface area contributed by atoms with Gasteiger partial charge in [0.25, 0.3) is 0 Å². The molecule has 0 radical (unpaired) electrons. The highest BCUT2D eigenvalue weighted by atomic mass is 35.5. The van der Waals surface area contributed by atoms with E-state index in [1.54, 1.807) is 4.68 Å². The first kappa shape index (κ1) is 18.0. The molecule has 1 saturated carbocycles. The molecule has 0 saturated heterocycles. The molecule has 1 amide bonds. The summed E-state index contributed by atoms with van der Waals surface area (Å²) in [7, 11) is 1.87. The molecule has 2 N–H and O–H groups in total. The predicted molar refractivity (Wildman–Crippen MR) is 108 cm³/mol. The second-order valence-corrected chi connectivity index (χ2v) is 8.54. The Morgan fingerprint density at radius 3 is 2.82 bits per heavy atom. The molecule has 2 aromatic heterocycles. The van der Waals surface area contributed by atoms with Gasteiger partial charge in [0.2, 0.25) is 5.91 Å². The molecule has 0 spiro atoms. The number of nitrogens with zero attached hydrogens (tertiary/aromatic N) is 3. The number of aryl methyl sites for hydroxylation is 1. The van der Waals surface area contributed by atoms with Crippen molar-refractivity contribution in [3.8, 4) is 11.3 Å². The third-order valence-corrected chi connectivity index (χ3v) is 6.69. The number of nitrogens with one attached hydrogen (secondary N) is 1. The van der Waals surface area contributed by atoms with Crippen LogP contribution in [0.15, 0.2) is 18.3 Å². The molecular formula is C20H20Cl2N4O2. The molecule has 28 heavy (non-hydrogen) atoms. The van der Waals surface area contributed by atoms with Gasteiger partial charge in [-0.05, 0) is 25.0 Å². The van der Waals surface area contributed by atoms with Gasteiger partial charge in [-0.3, -0.25) is 9.48 Å². The van der Waals surface area contributed by atoms with Gasteiger partial charge in [0.1, 0.15) is 0 Å². The van der Waals surface area contributed by atoms with Crippen LogP contribution in [0.4, 0.5) is 0 Å². The highest BCUT2D eigenvalue weighted by Gasteiger charge is 2.37. The fourth-order valence-electron chi connectivity index (χ4n) is 4.34. The second kappa shape index (κ2) is 6.51. The molecule has 0 bridgehead atoms. The number of benzene rings is 1. The van der Waals surface area contributed by atoms with Gasteiger partial charge in [-0.25, -0.2) is 0 Å². The summed E-state index contributed by atoms with van der Waals surface area (Å²) in [6.45, 7) is 1.19. The molecule has 6 nitrogen and oxygen atoms in total. The number of amides is 1. The van der Waals surface area contributed by atoms with Crippen LogP contribution in [-0.2, 0) is 24.8 Å². The molecule has 3 aromatic rings. The van der Waals surface area contributed by atoms with Gasteiger partial charge in [0.15, 0.2) is 0 Å². The number of aliphatic hydroxyl groups is 1. The zero-order valence-electron chi connectivity index (χ0n) is 15.4. The van der Waals surface area contributed by atoms with E-state index in [4.69, 9.17) is 23.2 Å². The first-order valence-corrected chi connectivity index (χ1v) is 10.2. The van der Waals surface area contributed by atoms with Crippen LogP contribution in [0.2, 0.25) is 10.0 Å². The number of rotatable bonds is 2. The summed E-state index contributed by atoms with van der Waals surface area (Å²) in [5.74, 6) is 0.0693. The molecular weight excluding hydrogens is 399 g/mol. The van der Waals surface area contributed by atoms with Crippen molar-refractivity contribution in [1.29, 1.82) is 0 Å². The van der Waals surface area contributed by atoms with E-state index in [0.29, 0.717) is 36.0 Å². The Labute approximate surface area is 172 Å². The van der Waals surface area contributed by atoms with Crippen molar-refractivity contribution in [2.75, 3.05) is 6.54 Å². The van der Waals surface area contributed by atoms with Crippen molar-refractivity contribution in [3.05, 3.63) is 39.6 Å². The molecule has 8 heteroatoms. The number of fused-ring (bicyclic) bond motifs is 3. The van der Waals surface area contributed by atoms with Crippen molar-refractivity contribution in [1.82, 2.24) is 19.7 Å². The van der Waals surface area contributed by atoms with Crippen molar-refractivity contribution in [3.63, 3.8) is 0 Å². The Balaban J connectivity index is 1.61. The Kier molecular flexibility index (Phi) is 4.19. The topological polar surface area (TPSA) is 74.2 Å². The van der Waals surface area contributed by atoms with E-state index < -0.39 is 0 Å². The molecule has 0 unspecified atom stereocenters. The number of H-pyrrole nitrogens is 1. The normalized spacial score (nSPS) is 21.6. The lowest BCUT2D eigenvalue weighted by atomic mass is 9.81. The van der Waals surface area contributed by atoms with Gasteiger partial charge < -0.3 is 15.0 Å². The average molecular weight is 419 g/mol. The summed E-state index contributed by atoms with van der Waals surface area (Å²) in [6.07, 6.45) is 3.42. The first-order valence-electron chi connectivity index (χ1n) is 9.40. The van der Waals surface area contributed by atoms with Crippen LogP contribution in [-0.4, -0.2) is 43.3 Å². The highest BCUT2D eigenvalue weighted by molar-refractivity contribution is 6.45. The summed E-state index contributed by atoms with van der Waals surface area (Å²) in [5.41, 5.74) is 4.70. The third kappa shape index (κ3) is 2.74. The third-order valence-electron chi connectivity index (χ3n) is 5.91. The molecule has 5 rings (SSSR count). The number of carbonyl (C=O) groups excluding carboxylic acids is 1. The summed E-state index contributed by atoms with van der Waals surface area (Å²) in [4.78, 5) is 18.2. The molecule has 0 atom stereocenters. The zero-order chi connectivity index (χ0) is 19.6. The van der Waals surface area contributed by atoms with Crippen LogP contribution in [0.25, 0.3) is 22.2 Å². The minimum Gasteiger partial charge on any atom is -0.393 e. The molecule has 1 aromatic carbocycles. The number of hydrogen-bond acceptors (Lipinski definition) is 3. The first-order chi connectivity index (χ1) is 13.4. The Bertz CT molecular complexity index is 1100. The largest absolute Gasteiger partial charge is 0.393 e. The molecule has 1 aliphatic heterocycles. The van der Waals surface area contributed by atoms with Gasteiger partial charge in [-0.1, -0.05) is 23.2 Å². The van der Waals surface area contributed by atoms with E-state index in [-0.39, 0.29) is 17.9 Å². The van der Waals surface area contributed by atoms with E-state index in [1.807, 2.05) is 30.3 Å². The number of aromatic nitrogens is 3. The number of carbonyl (C=O) groups is 1. The number of halogens is 2. The lowest BCUT2D eigenvalue weighted by Crippen LogP contribution is -2.45. The standard InChI is InChI=1S/C20H20Cl2N4O2/c1-25-4-2-16(24-25)12-8-14(21)18(22)19-17(12)13-9-26(5-3-15(13)23-19)20(28)10-6-11(27)7-10/h2,4,8,10-11,23,27H,3,5-7,9H2,1H3. The van der Waals surface area contributed by atoms with E-state index in [0.717, 1.165) is 39.8 Å². The maximum absolute atomic E-state index is 12.8. The van der Waals surface area contributed by atoms with E-state index in [9.17, 15) is 9.90 Å². The van der Waals surface area contributed by atoms with Crippen molar-refractivity contribution in [2.24, 2.45) is 13.0 Å². The summed E-state index contributed by atoms with van der Waals surface area (Å²) in [6, 6.07) is 3.80. The van der Waals surface area contributed by atoms with Crippen molar-refractivity contribution >= 4 is 40.0 Å². The van der Waals surface area contributed by atoms with Crippen LogP contribution in [0, 0.1) is 5.92 Å². The lowest BCUT2D eigenvalue weighted by molar-refractivity contribution is -0.143. The SMILES string of the molecule is Cn1ccc(-c2cc(Cl)c(Cl)c3[nH]c4c(c23)CN(C(=O)C2CC(O)C2)CC4)n1.